The Morgan fingerprint density at radius 1 is 0.463 bits per heavy atom. The monoisotopic (exact) mass is 527 g/mol. The SMILES string of the molecule is c1ccc2c(c1)ccc1cc(N(c3ccc4c(c3)oc3cnccc34)c3cnc4c(c3)oc3ccccc34)ccc12. The van der Waals surface area contributed by atoms with Gasteiger partial charge in [0, 0.05) is 45.9 Å². The van der Waals surface area contributed by atoms with Gasteiger partial charge in [-0.3, -0.25) is 4.98 Å². The van der Waals surface area contributed by atoms with Crippen LogP contribution >= 0.6 is 0 Å². The van der Waals surface area contributed by atoms with Gasteiger partial charge in [0.05, 0.1) is 18.1 Å². The smallest absolute Gasteiger partial charge is 0.155 e. The fourth-order valence-corrected chi connectivity index (χ4v) is 6.05. The molecule has 0 aliphatic carbocycles. The number of pyridine rings is 2. The molecule has 4 aromatic heterocycles. The summed E-state index contributed by atoms with van der Waals surface area (Å²) in [6, 6.07) is 37.9. The van der Waals surface area contributed by atoms with Crippen molar-refractivity contribution in [3.05, 3.63) is 128 Å². The van der Waals surface area contributed by atoms with E-state index >= 15 is 0 Å². The number of aromatic nitrogens is 2. The van der Waals surface area contributed by atoms with Crippen LogP contribution in [0, 0.1) is 0 Å². The summed E-state index contributed by atoms with van der Waals surface area (Å²) in [5.41, 5.74) is 6.88. The molecule has 0 bridgehead atoms. The third-order valence-corrected chi connectivity index (χ3v) is 7.96. The van der Waals surface area contributed by atoms with E-state index in [0.29, 0.717) is 0 Å². The average Bonchev–Trinajstić information content (AvgIpc) is 3.58. The Labute approximate surface area is 233 Å². The Morgan fingerprint density at radius 3 is 2.12 bits per heavy atom. The summed E-state index contributed by atoms with van der Waals surface area (Å²) in [6.45, 7) is 0. The molecule has 41 heavy (non-hydrogen) atoms. The molecule has 0 radical (unpaired) electrons. The van der Waals surface area contributed by atoms with Gasteiger partial charge >= 0.3 is 0 Å². The van der Waals surface area contributed by atoms with Gasteiger partial charge in [-0.1, -0.05) is 54.6 Å². The van der Waals surface area contributed by atoms with Crippen LogP contribution < -0.4 is 4.90 Å². The molecule has 9 rings (SSSR count). The van der Waals surface area contributed by atoms with Gasteiger partial charge in [0.15, 0.2) is 11.2 Å². The minimum atomic E-state index is 0.747. The van der Waals surface area contributed by atoms with Gasteiger partial charge in [0.1, 0.15) is 16.7 Å². The van der Waals surface area contributed by atoms with E-state index in [0.717, 1.165) is 61.1 Å². The van der Waals surface area contributed by atoms with Crippen LogP contribution in [0.2, 0.25) is 0 Å². The van der Waals surface area contributed by atoms with Gasteiger partial charge < -0.3 is 13.7 Å². The zero-order valence-electron chi connectivity index (χ0n) is 21.8. The molecule has 5 nitrogen and oxygen atoms in total. The van der Waals surface area contributed by atoms with Crippen LogP contribution in [0.25, 0.3) is 65.6 Å². The first-order chi connectivity index (χ1) is 20.3. The lowest BCUT2D eigenvalue weighted by Crippen LogP contribution is -2.10. The maximum atomic E-state index is 6.23. The van der Waals surface area contributed by atoms with E-state index in [1.165, 1.54) is 21.5 Å². The fourth-order valence-electron chi connectivity index (χ4n) is 6.05. The van der Waals surface area contributed by atoms with Gasteiger partial charge in [0.2, 0.25) is 0 Å². The summed E-state index contributed by atoms with van der Waals surface area (Å²) in [7, 11) is 0. The van der Waals surface area contributed by atoms with E-state index in [-0.39, 0.29) is 0 Å². The number of para-hydroxylation sites is 1. The maximum Gasteiger partial charge on any atom is 0.155 e. The van der Waals surface area contributed by atoms with Gasteiger partial charge in [-0.2, -0.15) is 0 Å². The number of hydrogen-bond donors (Lipinski definition) is 0. The van der Waals surface area contributed by atoms with E-state index < -0.39 is 0 Å². The molecule has 0 saturated heterocycles. The minimum Gasteiger partial charge on any atom is -0.454 e. The summed E-state index contributed by atoms with van der Waals surface area (Å²) in [4.78, 5) is 11.3. The van der Waals surface area contributed by atoms with Crippen LogP contribution in [-0.4, -0.2) is 9.97 Å². The molecule has 0 amide bonds. The first kappa shape index (κ1) is 22.2. The van der Waals surface area contributed by atoms with E-state index in [2.05, 4.69) is 88.7 Å². The van der Waals surface area contributed by atoms with E-state index in [4.69, 9.17) is 13.8 Å². The topological polar surface area (TPSA) is 55.3 Å². The number of fused-ring (bicyclic) bond motifs is 9. The molecule has 0 atom stereocenters. The van der Waals surface area contributed by atoms with Crippen LogP contribution in [-0.2, 0) is 0 Å². The zero-order valence-corrected chi connectivity index (χ0v) is 21.8. The largest absolute Gasteiger partial charge is 0.454 e. The first-order valence-electron chi connectivity index (χ1n) is 13.6. The van der Waals surface area contributed by atoms with Crippen molar-refractivity contribution in [3.8, 4) is 0 Å². The molecule has 4 heterocycles. The summed E-state index contributed by atoms with van der Waals surface area (Å²) in [5, 5.41) is 7.98. The molecular formula is C36H21N3O2. The second-order valence-corrected chi connectivity index (χ2v) is 10.3. The van der Waals surface area contributed by atoms with E-state index in [9.17, 15) is 0 Å². The average molecular weight is 528 g/mol. The number of nitrogens with zero attached hydrogens (tertiary/aromatic N) is 3. The van der Waals surface area contributed by atoms with E-state index in [1.54, 1.807) is 12.4 Å². The summed E-state index contributed by atoms with van der Waals surface area (Å²) < 4.78 is 12.4. The maximum absolute atomic E-state index is 6.23. The van der Waals surface area contributed by atoms with Crippen LogP contribution in [0.1, 0.15) is 0 Å². The predicted octanol–water partition coefficient (Wildman–Crippen LogP) is 10.1. The predicted molar refractivity (Wildman–Crippen MR) is 166 cm³/mol. The Balaban J connectivity index is 1.28. The first-order valence-corrected chi connectivity index (χ1v) is 13.6. The highest BCUT2D eigenvalue weighted by molar-refractivity contribution is 6.09. The van der Waals surface area contributed by atoms with Crippen molar-refractivity contribution in [2.24, 2.45) is 0 Å². The van der Waals surface area contributed by atoms with Crippen molar-refractivity contribution in [2.75, 3.05) is 4.90 Å². The van der Waals surface area contributed by atoms with Crippen molar-refractivity contribution < 1.29 is 8.83 Å². The molecule has 0 saturated carbocycles. The van der Waals surface area contributed by atoms with Gasteiger partial charge in [0.25, 0.3) is 0 Å². The molecule has 5 aromatic carbocycles. The highest BCUT2D eigenvalue weighted by atomic mass is 16.3. The lowest BCUT2D eigenvalue weighted by atomic mass is 10.0. The Hall–Kier alpha value is -5.68. The highest BCUT2D eigenvalue weighted by Gasteiger charge is 2.18. The van der Waals surface area contributed by atoms with Crippen molar-refractivity contribution in [2.45, 2.75) is 0 Å². The second kappa shape index (κ2) is 8.41. The quantitative estimate of drug-likeness (QED) is 0.214. The number of anilines is 3. The standard InChI is InChI=1S/C36H21N3O2/c1-2-6-27-22(5-1)9-10-23-17-24(11-13-28(23)27)39(25-12-14-29-30-15-16-37-21-35(30)41-33(29)18-25)26-19-34-36(38-20-26)31-7-3-4-8-32(31)40-34/h1-21H. The van der Waals surface area contributed by atoms with Gasteiger partial charge in [-0.25, -0.2) is 4.98 Å². The third kappa shape index (κ3) is 3.36. The Bertz CT molecular complexity index is 2340. The molecule has 0 spiro atoms. The summed E-state index contributed by atoms with van der Waals surface area (Å²) in [6.07, 6.45) is 5.48. The number of furan rings is 2. The van der Waals surface area contributed by atoms with E-state index in [1.807, 2.05) is 36.5 Å². The molecule has 0 N–H and O–H groups in total. The molecule has 9 aromatic rings. The van der Waals surface area contributed by atoms with Crippen molar-refractivity contribution >= 4 is 82.6 Å². The summed E-state index contributed by atoms with van der Waals surface area (Å²) >= 11 is 0. The normalized spacial score (nSPS) is 11.9. The number of rotatable bonds is 3. The van der Waals surface area contributed by atoms with Crippen LogP contribution in [0.5, 0.6) is 0 Å². The number of benzene rings is 5. The molecule has 5 heteroatoms. The Morgan fingerprint density at radius 2 is 1.17 bits per heavy atom. The van der Waals surface area contributed by atoms with Gasteiger partial charge in [-0.05, 0) is 64.0 Å². The lowest BCUT2D eigenvalue weighted by molar-refractivity contribution is 0.667. The minimum absolute atomic E-state index is 0.747. The number of hydrogen-bond acceptors (Lipinski definition) is 5. The van der Waals surface area contributed by atoms with Crippen LogP contribution in [0.15, 0.2) is 137 Å². The molecule has 0 fully saturated rings. The fraction of sp³-hybridized carbons (Fsp3) is 0. The van der Waals surface area contributed by atoms with Gasteiger partial charge in [-0.15, -0.1) is 0 Å². The van der Waals surface area contributed by atoms with Crippen molar-refractivity contribution in [1.82, 2.24) is 9.97 Å². The molecule has 0 aliphatic rings. The van der Waals surface area contributed by atoms with Crippen LogP contribution in [0.3, 0.4) is 0 Å². The van der Waals surface area contributed by atoms with Crippen molar-refractivity contribution in [1.29, 1.82) is 0 Å². The molecule has 192 valence electrons. The van der Waals surface area contributed by atoms with Crippen LogP contribution in [0.4, 0.5) is 17.1 Å². The molecular weight excluding hydrogens is 506 g/mol. The lowest BCUT2D eigenvalue weighted by Gasteiger charge is -2.25. The summed E-state index contributed by atoms with van der Waals surface area (Å²) in [5.74, 6) is 0. The molecule has 0 unspecified atom stereocenters. The second-order valence-electron chi connectivity index (χ2n) is 10.3. The Kier molecular flexibility index (Phi) is 4.55. The highest BCUT2D eigenvalue weighted by Crippen LogP contribution is 2.41. The zero-order chi connectivity index (χ0) is 26.9. The molecule has 0 aliphatic heterocycles. The van der Waals surface area contributed by atoms with Crippen molar-refractivity contribution in [3.63, 3.8) is 0 Å². The third-order valence-electron chi connectivity index (χ3n) is 7.96.